The van der Waals surface area contributed by atoms with Crippen molar-refractivity contribution in [1.29, 1.82) is 0 Å². The van der Waals surface area contributed by atoms with Gasteiger partial charge in [-0.15, -0.1) is 0 Å². The van der Waals surface area contributed by atoms with Gasteiger partial charge in [-0.3, -0.25) is 0 Å². The normalized spacial score (nSPS) is 12.3. The van der Waals surface area contributed by atoms with Crippen molar-refractivity contribution in [1.82, 2.24) is 5.32 Å². The van der Waals surface area contributed by atoms with E-state index in [1.54, 1.807) is 12.1 Å². The minimum atomic E-state index is -3.19. The largest absolute Gasteiger partial charge is 0.494 e. The smallest absolute Gasteiger partial charge is 0.175 e. The summed E-state index contributed by atoms with van der Waals surface area (Å²) in [5, 5.41) is 6.93. The Balaban J connectivity index is 2.01. The van der Waals surface area contributed by atoms with Gasteiger partial charge >= 0.3 is 0 Å². The molecule has 2 rings (SSSR count). The number of benzene rings is 2. The monoisotopic (exact) mass is 392 g/mol. The minimum Gasteiger partial charge on any atom is -0.494 e. The molecule has 0 aliphatic heterocycles. The summed E-state index contributed by atoms with van der Waals surface area (Å²) in [5.74, 6) is 0.814. The van der Waals surface area contributed by atoms with E-state index in [0.29, 0.717) is 16.6 Å². The lowest BCUT2D eigenvalue weighted by Gasteiger charge is -2.20. The number of ether oxygens (including phenoxy) is 1. The summed E-state index contributed by atoms with van der Waals surface area (Å²) in [4.78, 5) is 0.311. The van der Waals surface area contributed by atoms with Gasteiger partial charge in [-0.05, 0) is 67.5 Å². The molecule has 0 aromatic heterocycles. The molecule has 5 nitrogen and oxygen atoms in total. The van der Waals surface area contributed by atoms with Crippen molar-refractivity contribution in [3.63, 3.8) is 0 Å². The lowest BCUT2D eigenvalue weighted by molar-refractivity contribution is 0.340. The summed E-state index contributed by atoms with van der Waals surface area (Å²) in [6, 6.07) is 14.4. The number of hydrogen-bond donors (Lipinski definition) is 2. The Morgan fingerprint density at radius 3 is 2.19 bits per heavy atom. The Hall–Kier alpha value is -2.12. The van der Waals surface area contributed by atoms with E-state index in [0.717, 1.165) is 23.4 Å². The maximum Gasteiger partial charge on any atom is 0.175 e. The average molecular weight is 393 g/mol. The van der Waals surface area contributed by atoms with Crippen molar-refractivity contribution in [3.8, 4) is 5.75 Å². The molecule has 7 heteroatoms. The van der Waals surface area contributed by atoms with Gasteiger partial charge in [0.2, 0.25) is 0 Å². The Labute approximate surface area is 160 Å². The third kappa shape index (κ3) is 5.71. The fourth-order valence-electron chi connectivity index (χ4n) is 2.50. The third-order valence-electron chi connectivity index (χ3n) is 3.85. The van der Waals surface area contributed by atoms with E-state index in [4.69, 9.17) is 17.0 Å². The molecule has 2 aromatic carbocycles. The van der Waals surface area contributed by atoms with Crippen LogP contribution >= 0.6 is 12.2 Å². The van der Waals surface area contributed by atoms with Crippen molar-refractivity contribution in [2.45, 2.75) is 31.2 Å². The SMILES string of the molecule is CCOc1ccc(NC(=S)N[C@@H](CC)c2ccc(S(C)(=O)=O)cc2)cc1. The van der Waals surface area contributed by atoms with E-state index < -0.39 is 9.84 Å². The van der Waals surface area contributed by atoms with E-state index in [2.05, 4.69) is 10.6 Å². The van der Waals surface area contributed by atoms with Gasteiger partial charge in [0, 0.05) is 11.9 Å². The first-order chi connectivity index (χ1) is 12.3. The summed E-state index contributed by atoms with van der Waals surface area (Å²) < 4.78 is 28.6. The van der Waals surface area contributed by atoms with Crippen LogP contribution in [-0.2, 0) is 9.84 Å². The first kappa shape index (κ1) is 20.2. The highest BCUT2D eigenvalue weighted by Crippen LogP contribution is 2.20. The molecule has 0 fully saturated rings. The van der Waals surface area contributed by atoms with Gasteiger partial charge in [-0.2, -0.15) is 0 Å². The molecule has 0 aliphatic carbocycles. The molecule has 0 aliphatic rings. The Morgan fingerprint density at radius 2 is 1.69 bits per heavy atom. The second-order valence-corrected chi connectivity index (χ2v) is 8.28. The summed E-state index contributed by atoms with van der Waals surface area (Å²) in [6.07, 6.45) is 2.01. The Bertz CT molecular complexity index is 832. The van der Waals surface area contributed by atoms with E-state index in [1.807, 2.05) is 50.2 Å². The maximum absolute atomic E-state index is 11.6. The van der Waals surface area contributed by atoms with Crippen LogP contribution in [0.4, 0.5) is 5.69 Å². The van der Waals surface area contributed by atoms with Crippen molar-refractivity contribution < 1.29 is 13.2 Å². The van der Waals surface area contributed by atoms with Gasteiger partial charge in [-0.25, -0.2) is 8.42 Å². The van der Waals surface area contributed by atoms with Gasteiger partial charge in [0.25, 0.3) is 0 Å². The molecule has 26 heavy (non-hydrogen) atoms. The van der Waals surface area contributed by atoms with Crippen LogP contribution in [0.3, 0.4) is 0 Å². The molecule has 0 bridgehead atoms. The predicted molar refractivity (Wildman–Crippen MR) is 110 cm³/mol. The highest BCUT2D eigenvalue weighted by atomic mass is 32.2. The molecule has 0 unspecified atom stereocenters. The number of thiocarbonyl (C=S) groups is 1. The van der Waals surface area contributed by atoms with Gasteiger partial charge in [0.1, 0.15) is 5.75 Å². The fraction of sp³-hybridized carbons (Fsp3) is 0.316. The summed E-state index contributed by atoms with van der Waals surface area (Å²) in [7, 11) is -3.19. The lowest BCUT2D eigenvalue weighted by atomic mass is 10.1. The Kier molecular flexibility index (Phi) is 6.99. The highest BCUT2D eigenvalue weighted by molar-refractivity contribution is 7.90. The van der Waals surface area contributed by atoms with Crippen LogP contribution in [0.5, 0.6) is 5.75 Å². The molecule has 0 saturated heterocycles. The quantitative estimate of drug-likeness (QED) is 0.696. The molecule has 0 amide bonds. The molecular weight excluding hydrogens is 368 g/mol. The molecular formula is C19H24N2O3S2. The first-order valence-corrected chi connectivity index (χ1v) is 10.7. The topological polar surface area (TPSA) is 67.4 Å². The molecule has 2 N–H and O–H groups in total. The molecule has 0 heterocycles. The van der Waals surface area contributed by atoms with E-state index >= 15 is 0 Å². The van der Waals surface area contributed by atoms with E-state index in [1.165, 1.54) is 6.26 Å². The number of nitrogens with one attached hydrogen (secondary N) is 2. The van der Waals surface area contributed by atoms with Gasteiger partial charge < -0.3 is 15.4 Å². The Morgan fingerprint density at radius 1 is 1.08 bits per heavy atom. The maximum atomic E-state index is 11.6. The molecule has 140 valence electrons. The number of anilines is 1. The van der Waals surface area contributed by atoms with Gasteiger partial charge in [0.15, 0.2) is 14.9 Å². The van der Waals surface area contributed by atoms with Crippen molar-refractivity contribution in [2.75, 3.05) is 18.2 Å². The number of hydrogen-bond acceptors (Lipinski definition) is 4. The van der Waals surface area contributed by atoms with Crippen molar-refractivity contribution in [2.24, 2.45) is 0 Å². The second-order valence-electron chi connectivity index (χ2n) is 5.86. The van der Waals surface area contributed by atoms with E-state index in [9.17, 15) is 8.42 Å². The number of sulfone groups is 1. The van der Waals surface area contributed by atoms with Gasteiger partial charge in [0.05, 0.1) is 17.5 Å². The van der Waals surface area contributed by atoms with Crippen LogP contribution in [0.2, 0.25) is 0 Å². The van der Waals surface area contributed by atoms with Crippen LogP contribution in [-0.4, -0.2) is 26.4 Å². The van der Waals surface area contributed by atoms with Gasteiger partial charge in [-0.1, -0.05) is 19.1 Å². The summed E-state index contributed by atoms with van der Waals surface area (Å²) in [6.45, 7) is 4.61. The molecule has 0 spiro atoms. The first-order valence-electron chi connectivity index (χ1n) is 8.44. The second kappa shape index (κ2) is 9.00. The molecule has 0 radical (unpaired) electrons. The predicted octanol–water partition coefficient (Wildman–Crippen LogP) is 3.93. The molecule has 1 atom stereocenters. The number of rotatable bonds is 7. The third-order valence-corrected chi connectivity index (χ3v) is 5.20. The molecule has 2 aromatic rings. The zero-order chi connectivity index (χ0) is 19.2. The van der Waals surface area contributed by atoms with Crippen molar-refractivity contribution in [3.05, 3.63) is 54.1 Å². The summed E-state index contributed by atoms with van der Waals surface area (Å²) in [5.41, 5.74) is 1.85. The molecule has 0 saturated carbocycles. The van der Waals surface area contributed by atoms with Crippen LogP contribution < -0.4 is 15.4 Å². The minimum absolute atomic E-state index is 0.00805. The van der Waals surface area contributed by atoms with Crippen molar-refractivity contribution >= 4 is 32.9 Å². The standard InChI is InChI=1S/C19H24N2O3S2/c1-4-18(14-6-12-17(13-7-14)26(3,22)23)21-19(25)20-15-8-10-16(11-9-15)24-5-2/h6-13,18H,4-5H2,1-3H3,(H2,20,21,25)/t18-/m0/s1. The summed E-state index contributed by atoms with van der Waals surface area (Å²) >= 11 is 5.40. The van der Waals surface area contributed by atoms with Crippen LogP contribution in [0.25, 0.3) is 0 Å². The average Bonchev–Trinajstić information content (AvgIpc) is 2.61. The van der Waals surface area contributed by atoms with Crippen LogP contribution in [0.15, 0.2) is 53.4 Å². The lowest BCUT2D eigenvalue weighted by Crippen LogP contribution is -2.32. The zero-order valence-corrected chi connectivity index (χ0v) is 16.8. The van der Waals surface area contributed by atoms with Crippen LogP contribution in [0.1, 0.15) is 31.9 Å². The zero-order valence-electron chi connectivity index (χ0n) is 15.2. The highest BCUT2D eigenvalue weighted by Gasteiger charge is 2.13. The van der Waals surface area contributed by atoms with Crippen LogP contribution in [0, 0.1) is 0 Å². The van der Waals surface area contributed by atoms with E-state index in [-0.39, 0.29) is 6.04 Å². The fourth-order valence-corrected chi connectivity index (χ4v) is 3.39.